The van der Waals surface area contributed by atoms with Gasteiger partial charge in [0.25, 0.3) is 0 Å². The summed E-state index contributed by atoms with van der Waals surface area (Å²) < 4.78 is 35.8. The average molecular weight is 208 g/mol. The molecule has 0 saturated heterocycles. The summed E-state index contributed by atoms with van der Waals surface area (Å²) in [7, 11) is 0. The van der Waals surface area contributed by atoms with Gasteiger partial charge in [-0.25, -0.2) is 0 Å². The molecule has 0 aliphatic carbocycles. The van der Waals surface area contributed by atoms with Crippen LogP contribution in [-0.4, -0.2) is 18.3 Å². The molecule has 2 atom stereocenters. The lowest BCUT2D eigenvalue weighted by molar-refractivity contribution is -0.128. The maximum absolute atomic E-state index is 11.9. The van der Waals surface area contributed by atoms with Crippen LogP contribution in [0.5, 0.6) is 0 Å². The minimum Gasteiger partial charge on any atom is -0.291 e. The van der Waals surface area contributed by atoms with E-state index in [-0.39, 0.29) is 5.92 Å². The zero-order valence-corrected chi connectivity index (χ0v) is 8.57. The zero-order valence-electron chi connectivity index (χ0n) is 8.57. The predicted molar refractivity (Wildman–Crippen MR) is 47.5 cm³/mol. The summed E-state index contributed by atoms with van der Waals surface area (Å²) in [6, 6.07) is 1.89. The highest BCUT2D eigenvalue weighted by molar-refractivity contribution is 5.06. The van der Waals surface area contributed by atoms with Crippen molar-refractivity contribution in [3.05, 3.63) is 0 Å². The summed E-state index contributed by atoms with van der Waals surface area (Å²) in [5.41, 5.74) is -1.11. The molecule has 0 saturated carbocycles. The van der Waals surface area contributed by atoms with Gasteiger partial charge in [0.2, 0.25) is 0 Å². The van der Waals surface area contributed by atoms with E-state index in [1.807, 2.05) is 13.0 Å². The van der Waals surface area contributed by atoms with Crippen molar-refractivity contribution in [1.29, 1.82) is 5.26 Å². The van der Waals surface area contributed by atoms with E-state index in [1.54, 1.807) is 6.92 Å². The number of nitriles is 1. The third-order valence-electron chi connectivity index (χ3n) is 2.49. The molecule has 2 nitrogen and oxygen atoms in total. The van der Waals surface area contributed by atoms with Crippen LogP contribution in [0.1, 0.15) is 27.2 Å². The fraction of sp³-hybridized carbons (Fsp3) is 0.889. The summed E-state index contributed by atoms with van der Waals surface area (Å²) in [5, 5.41) is 11.1. The number of hydrogen-bond acceptors (Lipinski definition) is 2. The highest BCUT2D eigenvalue weighted by Crippen LogP contribution is 2.21. The van der Waals surface area contributed by atoms with Crippen molar-refractivity contribution in [3.8, 4) is 6.07 Å². The minimum absolute atomic E-state index is 0.116. The van der Waals surface area contributed by atoms with E-state index >= 15 is 0 Å². The fourth-order valence-corrected chi connectivity index (χ4v) is 1.02. The van der Waals surface area contributed by atoms with Crippen molar-refractivity contribution in [1.82, 2.24) is 5.32 Å². The molecule has 0 spiro atoms. The van der Waals surface area contributed by atoms with Crippen LogP contribution in [0.3, 0.4) is 0 Å². The fourth-order valence-electron chi connectivity index (χ4n) is 1.02. The van der Waals surface area contributed by atoms with Crippen LogP contribution >= 0.6 is 0 Å². The van der Waals surface area contributed by atoms with Crippen molar-refractivity contribution in [3.63, 3.8) is 0 Å². The largest absolute Gasteiger partial charge is 0.401 e. The van der Waals surface area contributed by atoms with Gasteiger partial charge in [0.15, 0.2) is 0 Å². The molecule has 82 valence electrons. The number of hydrogen-bond donors (Lipinski definition) is 1. The summed E-state index contributed by atoms with van der Waals surface area (Å²) >= 11 is 0. The first-order valence-corrected chi connectivity index (χ1v) is 4.48. The Balaban J connectivity index is 4.36. The van der Waals surface area contributed by atoms with Gasteiger partial charge in [-0.3, -0.25) is 5.32 Å². The Kier molecular flexibility index (Phi) is 4.40. The molecule has 0 fully saturated rings. The molecule has 0 bridgehead atoms. The second-order valence-electron chi connectivity index (χ2n) is 3.59. The van der Waals surface area contributed by atoms with E-state index in [9.17, 15) is 13.2 Å². The van der Waals surface area contributed by atoms with Gasteiger partial charge in [0, 0.05) is 0 Å². The quantitative estimate of drug-likeness (QED) is 0.770. The second kappa shape index (κ2) is 4.65. The molecule has 0 aromatic rings. The summed E-state index contributed by atoms with van der Waals surface area (Å²) in [5.74, 6) is -0.116. The Morgan fingerprint density at radius 2 is 1.93 bits per heavy atom. The smallest absolute Gasteiger partial charge is 0.291 e. The summed E-state index contributed by atoms with van der Waals surface area (Å²) in [4.78, 5) is 0. The molecule has 14 heavy (non-hydrogen) atoms. The molecule has 0 amide bonds. The predicted octanol–water partition coefficient (Wildman–Crippen LogP) is 2.47. The van der Waals surface area contributed by atoms with Gasteiger partial charge < -0.3 is 0 Å². The first-order valence-electron chi connectivity index (χ1n) is 4.48. The summed E-state index contributed by atoms with van der Waals surface area (Å²) in [6.07, 6.45) is -3.61. The van der Waals surface area contributed by atoms with Crippen LogP contribution in [0.25, 0.3) is 0 Å². The molecule has 2 unspecified atom stereocenters. The molecular formula is C9H15F3N2. The topological polar surface area (TPSA) is 35.8 Å². The maximum atomic E-state index is 11.9. The number of halogens is 3. The van der Waals surface area contributed by atoms with E-state index in [0.717, 1.165) is 0 Å². The number of rotatable bonds is 4. The highest BCUT2D eigenvalue weighted by atomic mass is 19.4. The Hall–Kier alpha value is -0.760. The monoisotopic (exact) mass is 208 g/mol. The van der Waals surface area contributed by atoms with Crippen LogP contribution < -0.4 is 5.32 Å². The molecule has 0 rings (SSSR count). The number of nitrogens with zero attached hydrogens (tertiary/aromatic N) is 1. The van der Waals surface area contributed by atoms with Crippen LogP contribution in [-0.2, 0) is 0 Å². The van der Waals surface area contributed by atoms with Crippen LogP contribution in [0.15, 0.2) is 0 Å². The Bertz CT molecular complexity index is 219. The second-order valence-corrected chi connectivity index (χ2v) is 3.59. The molecule has 1 N–H and O–H groups in total. The third kappa shape index (κ3) is 3.97. The molecule has 0 aromatic carbocycles. The van der Waals surface area contributed by atoms with E-state index in [2.05, 4.69) is 5.32 Å². The van der Waals surface area contributed by atoms with Gasteiger partial charge in [-0.1, -0.05) is 20.3 Å². The lowest BCUT2D eigenvalue weighted by Gasteiger charge is -2.29. The SMILES string of the molecule is CCC(C)C(C)(C#N)NCC(F)(F)F. The van der Waals surface area contributed by atoms with Crippen LogP contribution in [0.4, 0.5) is 13.2 Å². The van der Waals surface area contributed by atoms with E-state index < -0.39 is 18.3 Å². The van der Waals surface area contributed by atoms with Gasteiger partial charge in [-0.05, 0) is 12.8 Å². The molecule has 0 radical (unpaired) electrons. The normalized spacial score (nSPS) is 18.4. The Labute approximate surface area is 82.1 Å². The summed E-state index contributed by atoms with van der Waals surface area (Å²) in [6.45, 7) is 3.97. The molecule has 0 aliphatic rings. The highest BCUT2D eigenvalue weighted by Gasteiger charge is 2.35. The third-order valence-corrected chi connectivity index (χ3v) is 2.49. The Morgan fingerprint density at radius 3 is 2.21 bits per heavy atom. The minimum atomic E-state index is -4.27. The van der Waals surface area contributed by atoms with Crippen molar-refractivity contribution in [2.24, 2.45) is 5.92 Å². The molecule has 5 heteroatoms. The van der Waals surface area contributed by atoms with Gasteiger partial charge in [0.1, 0.15) is 5.54 Å². The van der Waals surface area contributed by atoms with Crippen molar-refractivity contribution < 1.29 is 13.2 Å². The lowest BCUT2D eigenvalue weighted by Crippen LogP contribution is -2.49. The first-order chi connectivity index (χ1) is 6.25. The van der Waals surface area contributed by atoms with Gasteiger partial charge in [-0.2, -0.15) is 18.4 Å². The van der Waals surface area contributed by atoms with Crippen LogP contribution in [0, 0.1) is 17.2 Å². The van der Waals surface area contributed by atoms with Crippen molar-refractivity contribution in [2.75, 3.05) is 6.54 Å². The van der Waals surface area contributed by atoms with E-state index in [0.29, 0.717) is 6.42 Å². The van der Waals surface area contributed by atoms with Crippen LogP contribution in [0.2, 0.25) is 0 Å². The maximum Gasteiger partial charge on any atom is 0.401 e. The van der Waals surface area contributed by atoms with Gasteiger partial charge in [0.05, 0.1) is 12.6 Å². The van der Waals surface area contributed by atoms with E-state index in [1.165, 1.54) is 6.92 Å². The molecular weight excluding hydrogens is 193 g/mol. The van der Waals surface area contributed by atoms with Crippen molar-refractivity contribution >= 4 is 0 Å². The molecule has 0 aromatic heterocycles. The average Bonchev–Trinajstić information content (AvgIpc) is 2.11. The standard InChI is InChI=1S/C9H15F3N2/c1-4-7(2)8(3,5-13)14-6-9(10,11)12/h7,14H,4,6H2,1-3H3. The molecule has 0 heterocycles. The lowest BCUT2D eigenvalue weighted by atomic mass is 9.86. The van der Waals surface area contributed by atoms with Gasteiger partial charge in [-0.15, -0.1) is 0 Å². The number of nitrogens with one attached hydrogen (secondary N) is 1. The van der Waals surface area contributed by atoms with Gasteiger partial charge >= 0.3 is 6.18 Å². The van der Waals surface area contributed by atoms with Crippen molar-refractivity contribution in [2.45, 2.75) is 38.9 Å². The first kappa shape index (κ1) is 13.2. The number of alkyl halides is 3. The molecule has 0 aliphatic heterocycles. The Morgan fingerprint density at radius 1 is 1.43 bits per heavy atom. The van der Waals surface area contributed by atoms with E-state index in [4.69, 9.17) is 5.26 Å². The zero-order chi connectivity index (χ0) is 11.4.